The first kappa shape index (κ1) is 13.1. The molecule has 0 atom stereocenters. The monoisotopic (exact) mass is 255 g/mol. The fourth-order valence-electron chi connectivity index (χ4n) is 1.84. The van der Waals surface area contributed by atoms with Crippen molar-refractivity contribution in [1.29, 1.82) is 5.41 Å². The summed E-state index contributed by atoms with van der Waals surface area (Å²) >= 11 is 0. The van der Waals surface area contributed by atoms with Gasteiger partial charge in [-0.2, -0.15) is 0 Å². The molecule has 3 nitrogen and oxygen atoms in total. The van der Waals surface area contributed by atoms with Crippen LogP contribution in [0, 0.1) is 5.41 Å². The molecule has 0 radical (unpaired) electrons. The van der Waals surface area contributed by atoms with Crippen LogP contribution >= 0.6 is 0 Å². The molecule has 2 rings (SSSR count). The topological polar surface area (TPSA) is 42.3 Å². The van der Waals surface area contributed by atoms with Crippen LogP contribution in [0.5, 0.6) is 11.5 Å². The molecule has 0 aliphatic heterocycles. The Hall–Kier alpha value is -2.29. The van der Waals surface area contributed by atoms with Crippen LogP contribution in [0.25, 0.3) is 0 Å². The van der Waals surface area contributed by atoms with Crippen molar-refractivity contribution >= 4 is 5.71 Å². The van der Waals surface area contributed by atoms with E-state index in [0.717, 1.165) is 22.6 Å². The Bertz CT molecular complexity index is 544. The first-order valence-electron chi connectivity index (χ1n) is 6.07. The highest BCUT2D eigenvalue weighted by molar-refractivity contribution is 5.99. The molecule has 1 N–H and O–H groups in total. The lowest BCUT2D eigenvalue weighted by molar-refractivity contribution is 0.414. The molecule has 2 aromatic rings. The van der Waals surface area contributed by atoms with E-state index in [-0.39, 0.29) is 0 Å². The molecule has 0 fully saturated rings. The smallest absolute Gasteiger partial charge is 0.118 e. The zero-order valence-electron chi connectivity index (χ0n) is 11.1. The standard InChI is InChI=1S/C16H17NO2/c1-18-14-7-3-12(4-8-14)11-16(17)13-5-9-15(19-2)10-6-13/h3-10,17H,11H2,1-2H3. The van der Waals surface area contributed by atoms with Crippen LogP contribution in [0.4, 0.5) is 0 Å². The van der Waals surface area contributed by atoms with Gasteiger partial charge >= 0.3 is 0 Å². The summed E-state index contributed by atoms with van der Waals surface area (Å²) in [5.41, 5.74) is 2.60. The number of rotatable bonds is 5. The summed E-state index contributed by atoms with van der Waals surface area (Å²) in [5, 5.41) is 8.12. The minimum absolute atomic E-state index is 0.591. The normalized spacial score (nSPS) is 10.0. The zero-order valence-corrected chi connectivity index (χ0v) is 11.1. The van der Waals surface area contributed by atoms with Gasteiger partial charge in [0.1, 0.15) is 11.5 Å². The highest BCUT2D eigenvalue weighted by Gasteiger charge is 2.04. The van der Waals surface area contributed by atoms with Crippen LogP contribution in [0.2, 0.25) is 0 Å². The average molecular weight is 255 g/mol. The van der Waals surface area contributed by atoms with Gasteiger partial charge in [-0.3, -0.25) is 0 Å². The van der Waals surface area contributed by atoms with Crippen molar-refractivity contribution in [2.45, 2.75) is 6.42 Å². The molecule has 98 valence electrons. The van der Waals surface area contributed by atoms with Crippen molar-refractivity contribution in [2.75, 3.05) is 14.2 Å². The van der Waals surface area contributed by atoms with Gasteiger partial charge in [-0.05, 0) is 47.5 Å². The molecule has 0 aromatic heterocycles. The van der Waals surface area contributed by atoms with E-state index in [4.69, 9.17) is 14.9 Å². The largest absolute Gasteiger partial charge is 0.497 e. The molecule has 0 aliphatic rings. The van der Waals surface area contributed by atoms with Crippen LogP contribution in [0.3, 0.4) is 0 Å². The van der Waals surface area contributed by atoms with Gasteiger partial charge in [0.25, 0.3) is 0 Å². The minimum atomic E-state index is 0.591. The Morgan fingerprint density at radius 2 is 1.32 bits per heavy atom. The maximum Gasteiger partial charge on any atom is 0.118 e. The van der Waals surface area contributed by atoms with E-state index in [0.29, 0.717) is 12.1 Å². The van der Waals surface area contributed by atoms with Crippen molar-refractivity contribution in [3.63, 3.8) is 0 Å². The predicted molar refractivity (Wildman–Crippen MR) is 76.5 cm³/mol. The van der Waals surface area contributed by atoms with E-state index >= 15 is 0 Å². The SMILES string of the molecule is COc1ccc(CC(=N)c2ccc(OC)cc2)cc1. The first-order valence-corrected chi connectivity index (χ1v) is 6.07. The number of methoxy groups -OCH3 is 2. The molecular formula is C16H17NO2. The van der Waals surface area contributed by atoms with Crippen molar-refractivity contribution < 1.29 is 9.47 Å². The number of ether oxygens (including phenoxy) is 2. The highest BCUT2D eigenvalue weighted by Crippen LogP contribution is 2.15. The van der Waals surface area contributed by atoms with Crippen molar-refractivity contribution in [1.82, 2.24) is 0 Å². The Labute approximate surface area is 113 Å². The molecule has 2 aromatic carbocycles. The van der Waals surface area contributed by atoms with Gasteiger partial charge in [0.15, 0.2) is 0 Å². The summed E-state index contributed by atoms with van der Waals surface area (Å²) in [6.07, 6.45) is 0.607. The van der Waals surface area contributed by atoms with Gasteiger partial charge in [-0.1, -0.05) is 12.1 Å². The van der Waals surface area contributed by atoms with E-state index in [1.54, 1.807) is 14.2 Å². The minimum Gasteiger partial charge on any atom is -0.497 e. The lowest BCUT2D eigenvalue weighted by atomic mass is 10.0. The maximum atomic E-state index is 8.12. The Kier molecular flexibility index (Phi) is 4.18. The third kappa shape index (κ3) is 3.35. The molecule has 0 aliphatic carbocycles. The zero-order chi connectivity index (χ0) is 13.7. The Morgan fingerprint density at radius 1 is 0.842 bits per heavy atom. The molecule has 0 saturated carbocycles. The second-order valence-electron chi connectivity index (χ2n) is 4.23. The van der Waals surface area contributed by atoms with Crippen LogP contribution in [-0.2, 0) is 6.42 Å². The fraction of sp³-hybridized carbons (Fsp3) is 0.188. The Balaban J connectivity index is 2.06. The van der Waals surface area contributed by atoms with Crippen LogP contribution in [-0.4, -0.2) is 19.9 Å². The van der Waals surface area contributed by atoms with Gasteiger partial charge in [-0.25, -0.2) is 0 Å². The third-order valence-electron chi connectivity index (χ3n) is 2.98. The summed E-state index contributed by atoms with van der Waals surface area (Å²) < 4.78 is 10.2. The van der Waals surface area contributed by atoms with Gasteiger partial charge in [-0.15, -0.1) is 0 Å². The molecule has 0 unspecified atom stereocenters. The van der Waals surface area contributed by atoms with Crippen molar-refractivity contribution in [3.05, 3.63) is 59.7 Å². The summed E-state index contributed by atoms with van der Waals surface area (Å²) in [7, 11) is 3.28. The fourth-order valence-corrected chi connectivity index (χ4v) is 1.84. The highest BCUT2D eigenvalue weighted by atomic mass is 16.5. The summed E-state index contributed by atoms with van der Waals surface area (Å²) in [6.45, 7) is 0. The van der Waals surface area contributed by atoms with E-state index in [1.165, 1.54) is 0 Å². The number of nitrogens with one attached hydrogen (secondary N) is 1. The van der Waals surface area contributed by atoms with E-state index in [2.05, 4.69) is 0 Å². The van der Waals surface area contributed by atoms with Crippen molar-refractivity contribution in [3.8, 4) is 11.5 Å². The molecule has 0 saturated heterocycles. The molecule has 0 spiro atoms. The second kappa shape index (κ2) is 6.05. The summed E-state index contributed by atoms with van der Waals surface area (Å²) in [6, 6.07) is 15.4. The van der Waals surface area contributed by atoms with E-state index in [9.17, 15) is 0 Å². The quantitative estimate of drug-likeness (QED) is 0.833. The van der Waals surface area contributed by atoms with Crippen LogP contribution in [0.1, 0.15) is 11.1 Å². The van der Waals surface area contributed by atoms with Gasteiger partial charge in [0.05, 0.1) is 14.2 Å². The Morgan fingerprint density at radius 3 is 1.79 bits per heavy atom. The number of hydrogen-bond donors (Lipinski definition) is 1. The van der Waals surface area contributed by atoms with E-state index < -0.39 is 0 Å². The lowest BCUT2D eigenvalue weighted by Crippen LogP contribution is -2.03. The van der Waals surface area contributed by atoms with Gasteiger partial charge < -0.3 is 14.9 Å². The molecule has 3 heteroatoms. The molecular weight excluding hydrogens is 238 g/mol. The number of benzene rings is 2. The third-order valence-corrected chi connectivity index (χ3v) is 2.98. The predicted octanol–water partition coefficient (Wildman–Crippen LogP) is 3.31. The number of hydrogen-bond acceptors (Lipinski definition) is 3. The van der Waals surface area contributed by atoms with Crippen molar-refractivity contribution in [2.24, 2.45) is 0 Å². The molecule has 0 amide bonds. The van der Waals surface area contributed by atoms with E-state index in [1.807, 2.05) is 48.5 Å². The second-order valence-corrected chi connectivity index (χ2v) is 4.23. The van der Waals surface area contributed by atoms with Gasteiger partial charge in [0, 0.05) is 12.1 Å². The first-order chi connectivity index (χ1) is 9.22. The summed E-state index contributed by atoms with van der Waals surface area (Å²) in [4.78, 5) is 0. The van der Waals surface area contributed by atoms with Gasteiger partial charge in [0.2, 0.25) is 0 Å². The van der Waals surface area contributed by atoms with Crippen LogP contribution < -0.4 is 9.47 Å². The molecule has 0 bridgehead atoms. The molecule has 19 heavy (non-hydrogen) atoms. The summed E-state index contributed by atoms with van der Waals surface area (Å²) in [5.74, 6) is 1.64. The average Bonchev–Trinajstić information content (AvgIpc) is 2.48. The van der Waals surface area contributed by atoms with Crippen LogP contribution in [0.15, 0.2) is 48.5 Å². The lowest BCUT2D eigenvalue weighted by Gasteiger charge is -2.07. The molecule has 0 heterocycles. The maximum absolute atomic E-state index is 8.12.